The van der Waals surface area contributed by atoms with E-state index < -0.39 is 0 Å². The van der Waals surface area contributed by atoms with Crippen LogP contribution in [0.5, 0.6) is 0 Å². The monoisotopic (exact) mass is 96.0 g/mol. The number of hydrogen-bond donors (Lipinski definition) is 0. The van der Waals surface area contributed by atoms with Crippen molar-refractivity contribution in [3.05, 3.63) is 11.6 Å². The van der Waals surface area contributed by atoms with Crippen LogP contribution in [0.4, 0.5) is 0 Å². The van der Waals surface area contributed by atoms with Crippen LogP contribution in [0.25, 0.3) is 5.53 Å². The molecule has 0 spiro atoms. The molecule has 0 aromatic rings. The second-order valence-corrected chi connectivity index (χ2v) is 0.984. The molecule has 0 aromatic carbocycles. The summed E-state index contributed by atoms with van der Waals surface area (Å²) in [5.41, 5.74) is 7.65. The standard InChI is InChI=1S/C4H4N2O/c1-4(7)2-3-6-5/h2H,1H3. The summed E-state index contributed by atoms with van der Waals surface area (Å²) in [6, 6.07) is 0. The van der Waals surface area contributed by atoms with Gasteiger partial charge in [0.05, 0.1) is 0 Å². The zero-order valence-electron chi connectivity index (χ0n) is 3.88. The molecule has 0 aliphatic carbocycles. The summed E-state index contributed by atoms with van der Waals surface area (Å²) in [5, 5.41) is 0. The average Bonchev–Trinajstić information content (AvgIpc) is 1.61. The maximum Gasteiger partial charge on any atom is 0.303 e. The van der Waals surface area contributed by atoms with E-state index in [1.165, 1.54) is 6.92 Å². The van der Waals surface area contributed by atoms with Gasteiger partial charge in [-0.05, 0) is 6.92 Å². The van der Waals surface area contributed by atoms with Crippen molar-refractivity contribution in [1.82, 2.24) is 0 Å². The first-order valence-electron chi connectivity index (χ1n) is 1.71. The van der Waals surface area contributed by atoms with Crippen molar-refractivity contribution in [3.63, 3.8) is 0 Å². The van der Waals surface area contributed by atoms with Gasteiger partial charge >= 0.3 is 5.87 Å². The van der Waals surface area contributed by atoms with Crippen molar-refractivity contribution >= 4 is 11.7 Å². The SMILES string of the molecule is CC(=O)C=C=[N+]=[N-]. The molecule has 36 valence electrons. The smallest absolute Gasteiger partial charge is 0.303 e. The zero-order chi connectivity index (χ0) is 5.70. The van der Waals surface area contributed by atoms with E-state index in [-0.39, 0.29) is 5.78 Å². The first-order valence-corrected chi connectivity index (χ1v) is 1.71. The van der Waals surface area contributed by atoms with Crippen LogP contribution >= 0.6 is 0 Å². The van der Waals surface area contributed by atoms with E-state index in [0.29, 0.717) is 0 Å². The predicted molar refractivity (Wildman–Crippen MR) is 23.9 cm³/mol. The molecule has 0 N–H and O–H groups in total. The third kappa shape index (κ3) is 4.83. The second-order valence-electron chi connectivity index (χ2n) is 0.984. The van der Waals surface area contributed by atoms with Crippen LogP contribution in [-0.2, 0) is 4.79 Å². The maximum atomic E-state index is 9.91. The Labute approximate surface area is 40.9 Å². The van der Waals surface area contributed by atoms with E-state index in [1.54, 1.807) is 0 Å². The fraction of sp³-hybridized carbons (Fsp3) is 0.250. The summed E-state index contributed by atoms with van der Waals surface area (Å²) in [7, 11) is 0. The number of nitrogens with zero attached hydrogens (tertiary/aromatic N) is 2. The van der Waals surface area contributed by atoms with Crippen molar-refractivity contribution in [1.29, 1.82) is 0 Å². The first kappa shape index (κ1) is 5.83. The molecule has 0 unspecified atom stereocenters. The van der Waals surface area contributed by atoms with E-state index in [9.17, 15) is 4.79 Å². The van der Waals surface area contributed by atoms with Crippen molar-refractivity contribution in [2.45, 2.75) is 6.92 Å². The quantitative estimate of drug-likeness (QED) is 0.196. The molecule has 0 aliphatic heterocycles. The molecule has 0 fully saturated rings. The van der Waals surface area contributed by atoms with Crippen molar-refractivity contribution in [2.24, 2.45) is 0 Å². The number of rotatable bonds is 1. The lowest BCUT2D eigenvalue weighted by Gasteiger charge is -1.59. The van der Waals surface area contributed by atoms with E-state index in [2.05, 4.69) is 4.79 Å². The second kappa shape index (κ2) is 3.04. The molecule has 0 saturated heterocycles. The molecule has 0 saturated carbocycles. The minimum absolute atomic E-state index is 0.183. The molecule has 0 aliphatic rings. The molecule has 0 atom stereocenters. The third-order valence-electron chi connectivity index (χ3n) is 0.326. The van der Waals surface area contributed by atoms with E-state index >= 15 is 0 Å². The van der Waals surface area contributed by atoms with Gasteiger partial charge in [0.2, 0.25) is 0 Å². The Bertz CT molecular complexity index is 149. The average molecular weight is 96.1 g/mol. The summed E-state index contributed by atoms with van der Waals surface area (Å²) >= 11 is 0. The van der Waals surface area contributed by atoms with E-state index in [0.717, 1.165) is 6.08 Å². The zero-order valence-corrected chi connectivity index (χ0v) is 3.88. The topological polar surface area (TPSA) is 53.5 Å². The van der Waals surface area contributed by atoms with Crippen LogP contribution in [0.3, 0.4) is 0 Å². The number of allylic oxidation sites excluding steroid dienone is 1. The normalized spacial score (nSPS) is 5.86. The van der Waals surface area contributed by atoms with Gasteiger partial charge in [-0.1, -0.05) is 0 Å². The van der Waals surface area contributed by atoms with Gasteiger partial charge in [-0.25, -0.2) is 0 Å². The van der Waals surface area contributed by atoms with E-state index in [1.807, 2.05) is 5.87 Å². The molecule has 0 amide bonds. The van der Waals surface area contributed by atoms with Crippen molar-refractivity contribution in [2.75, 3.05) is 0 Å². The fourth-order valence-corrected chi connectivity index (χ4v) is 0.120. The van der Waals surface area contributed by atoms with Gasteiger partial charge in [0.25, 0.3) is 0 Å². The van der Waals surface area contributed by atoms with Gasteiger partial charge in [-0.3, -0.25) is 4.79 Å². The van der Waals surface area contributed by atoms with Crippen LogP contribution in [0.1, 0.15) is 6.92 Å². The highest BCUT2D eigenvalue weighted by atomic mass is 16.1. The van der Waals surface area contributed by atoms with Gasteiger partial charge in [0, 0.05) is 0 Å². The highest BCUT2D eigenvalue weighted by molar-refractivity contribution is 5.93. The van der Waals surface area contributed by atoms with Gasteiger partial charge < -0.3 is 5.53 Å². The molecule has 3 nitrogen and oxygen atoms in total. The van der Waals surface area contributed by atoms with Gasteiger partial charge in [-0.15, -0.1) is 4.79 Å². The Balaban J connectivity index is 3.96. The molecule has 7 heavy (non-hydrogen) atoms. The predicted octanol–water partition coefficient (Wildman–Crippen LogP) is 0.0311. The first-order chi connectivity index (χ1) is 3.27. The van der Waals surface area contributed by atoms with Crippen LogP contribution in [0, 0.1) is 0 Å². The van der Waals surface area contributed by atoms with Crippen LogP contribution in [0.15, 0.2) is 6.08 Å². The Morgan fingerprint density at radius 2 is 2.57 bits per heavy atom. The molecule has 0 radical (unpaired) electrons. The minimum Gasteiger partial charge on any atom is -0.348 e. The van der Waals surface area contributed by atoms with Crippen LogP contribution in [-0.4, -0.2) is 16.4 Å². The van der Waals surface area contributed by atoms with Gasteiger partial charge in [0.1, 0.15) is 6.08 Å². The molecule has 0 bridgehead atoms. The van der Waals surface area contributed by atoms with Crippen LogP contribution in [0.2, 0.25) is 0 Å². The van der Waals surface area contributed by atoms with Gasteiger partial charge in [-0.2, -0.15) is 0 Å². The molecular weight excluding hydrogens is 92.1 g/mol. The lowest BCUT2D eigenvalue weighted by Crippen LogP contribution is -1.78. The number of carbonyl (C=O) groups is 1. The number of carbonyl (C=O) groups excluding carboxylic acids is 1. The Hall–Kier alpha value is -1.17. The Morgan fingerprint density at radius 3 is 2.71 bits per heavy atom. The van der Waals surface area contributed by atoms with Crippen molar-refractivity contribution in [3.8, 4) is 0 Å². The molecule has 0 heterocycles. The summed E-state index contributed by atoms with van der Waals surface area (Å²) in [6.07, 6.45) is 1.04. The Morgan fingerprint density at radius 1 is 2.00 bits per heavy atom. The van der Waals surface area contributed by atoms with Crippen LogP contribution < -0.4 is 0 Å². The largest absolute Gasteiger partial charge is 0.348 e. The van der Waals surface area contributed by atoms with Crippen molar-refractivity contribution < 1.29 is 9.58 Å². The summed E-state index contributed by atoms with van der Waals surface area (Å²) in [4.78, 5) is 12.4. The summed E-state index contributed by atoms with van der Waals surface area (Å²) < 4.78 is 0. The Kier molecular flexibility index (Phi) is 2.53. The molecular formula is C4H4N2O. The highest BCUT2D eigenvalue weighted by Crippen LogP contribution is 1.60. The number of hydrogen-bond acceptors (Lipinski definition) is 1. The maximum absolute atomic E-state index is 9.91. The third-order valence-corrected chi connectivity index (χ3v) is 0.326. The lowest BCUT2D eigenvalue weighted by molar-refractivity contribution is -0.112. The summed E-state index contributed by atoms with van der Waals surface area (Å²) in [6.45, 7) is 1.35. The molecule has 0 rings (SSSR count). The summed E-state index contributed by atoms with van der Waals surface area (Å²) in [5.74, 6) is 1.77. The fourth-order valence-electron chi connectivity index (χ4n) is 0.120. The van der Waals surface area contributed by atoms with E-state index in [4.69, 9.17) is 5.53 Å². The number of ketones is 1. The minimum atomic E-state index is -0.183. The molecule has 0 aromatic heterocycles. The lowest BCUT2D eigenvalue weighted by atomic mass is 10.5. The highest BCUT2D eigenvalue weighted by Gasteiger charge is 1.78. The molecule has 3 heteroatoms. The van der Waals surface area contributed by atoms with Gasteiger partial charge in [0.15, 0.2) is 5.78 Å².